The SMILES string of the molecule is CCc1nc(C(=O)N2CCOC3(CCN(CCc4ccc(CCO)cc4)CC3)C2)cs1. The number of rotatable bonds is 7. The zero-order chi connectivity index (χ0) is 21.7. The van der Waals surface area contributed by atoms with Crippen molar-refractivity contribution < 1.29 is 14.6 Å². The minimum absolute atomic E-state index is 0.0469. The van der Waals surface area contributed by atoms with Crippen molar-refractivity contribution in [1.29, 1.82) is 0 Å². The van der Waals surface area contributed by atoms with Crippen LogP contribution < -0.4 is 0 Å². The molecule has 0 radical (unpaired) electrons. The zero-order valence-electron chi connectivity index (χ0n) is 18.4. The second kappa shape index (κ2) is 10.2. The Morgan fingerprint density at radius 1 is 1.16 bits per heavy atom. The maximum Gasteiger partial charge on any atom is 0.273 e. The lowest BCUT2D eigenvalue weighted by Crippen LogP contribution is -2.58. The summed E-state index contributed by atoms with van der Waals surface area (Å²) in [4.78, 5) is 21.9. The number of nitrogens with zero attached hydrogens (tertiary/aromatic N) is 3. The maximum absolute atomic E-state index is 12.9. The molecule has 1 N–H and O–H groups in total. The van der Waals surface area contributed by atoms with E-state index in [2.05, 4.69) is 41.1 Å². The van der Waals surface area contributed by atoms with Gasteiger partial charge in [-0.1, -0.05) is 31.2 Å². The van der Waals surface area contributed by atoms with E-state index in [4.69, 9.17) is 9.84 Å². The summed E-state index contributed by atoms with van der Waals surface area (Å²) in [6.45, 7) is 7.23. The molecule has 0 unspecified atom stereocenters. The first-order valence-electron chi connectivity index (χ1n) is 11.4. The van der Waals surface area contributed by atoms with Gasteiger partial charge < -0.3 is 19.6 Å². The van der Waals surface area contributed by atoms with Crippen LogP contribution in [0, 0.1) is 0 Å². The number of aryl methyl sites for hydroxylation is 1. The predicted molar refractivity (Wildman–Crippen MR) is 123 cm³/mol. The minimum atomic E-state index is -0.208. The molecule has 2 aliphatic heterocycles. The Hall–Kier alpha value is -1.80. The Kier molecular flexibility index (Phi) is 7.38. The van der Waals surface area contributed by atoms with E-state index in [0.717, 1.165) is 56.7 Å². The zero-order valence-corrected chi connectivity index (χ0v) is 19.2. The van der Waals surface area contributed by atoms with Crippen molar-refractivity contribution in [3.05, 3.63) is 51.5 Å². The normalized spacial score (nSPS) is 19.1. The molecule has 7 heteroatoms. The first-order chi connectivity index (χ1) is 15.1. The van der Waals surface area contributed by atoms with Crippen LogP contribution in [0.25, 0.3) is 0 Å². The predicted octanol–water partition coefficient (Wildman–Crippen LogP) is 2.79. The van der Waals surface area contributed by atoms with E-state index < -0.39 is 0 Å². The number of piperidine rings is 1. The first kappa shape index (κ1) is 22.4. The van der Waals surface area contributed by atoms with Gasteiger partial charge in [0, 0.05) is 38.2 Å². The van der Waals surface area contributed by atoms with Crippen molar-refractivity contribution in [3.63, 3.8) is 0 Å². The first-order valence-corrected chi connectivity index (χ1v) is 12.3. The lowest BCUT2D eigenvalue weighted by Gasteiger charge is -2.47. The van der Waals surface area contributed by atoms with Crippen LogP contribution in [0.2, 0.25) is 0 Å². The van der Waals surface area contributed by atoms with Crippen LogP contribution in [-0.4, -0.2) is 77.3 Å². The molecule has 168 valence electrons. The fraction of sp³-hybridized carbons (Fsp3) is 0.583. The number of hydrogen-bond donors (Lipinski definition) is 1. The highest BCUT2D eigenvalue weighted by Gasteiger charge is 2.41. The van der Waals surface area contributed by atoms with Crippen LogP contribution >= 0.6 is 11.3 Å². The van der Waals surface area contributed by atoms with Crippen molar-refractivity contribution >= 4 is 17.2 Å². The Labute approximate surface area is 188 Å². The van der Waals surface area contributed by atoms with Crippen LogP contribution in [0.5, 0.6) is 0 Å². The molecule has 6 nitrogen and oxygen atoms in total. The van der Waals surface area contributed by atoms with Gasteiger partial charge in [-0.15, -0.1) is 11.3 Å². The molecule has 0 atom stereocenters. The summed E-state index contributed by atoms with van der Waals surface area (Å²) >= 11 is 1.57. The van der Waals surface area contributed by atoms with Gasteiger partial charge in [0.15, 0.2) is 0 Å². The van der Waals surface area contributed by atoms with E-state index in [1.807, 2.05) is 10.3 Å². The van der Waals surface area contributed by atoms with Gasteiger partial charge >= 0.3 is 0 Å². The maximum atomic E-state index is 12.9. The van der Waals surface area contributed by atoms with E-state index in [9.17, 15) is 4.79 Å². The number of ether oxygens (including phenoxy) is 1. The topological polar surface area (TPSA) is 65.9 Å². The Morgan fingerprint density at radius 2 is 1.87 bits per heavy atom. The highest BCUT2D eigenvalue weighted by Crippen LogP contribution is 2.31. The van der Waals surface area contributed by atoms with E-state index in [1.165, 1.54) is 11.1 Å². The smallest absolute Gasteiger partial charge is 0.273 e. The molecule has 0 aliphatic carbocycles. The number of aliphatic hydroxyl groups excluding tert-OH is 1. The number of likely N-dealkylation sites (tertiary alicyclic amines) is 1. The highest BCUT2D eigenvalue weighted by molar-refractivity contribution is 7.09. The standard InChI is InChI=1S/C24H33N3O3S/c1-2-22-25-21(17-31-22)23(29)27-14-16-30-24(18-27)9-12-26(13-10-24)11-7-19-3-5-20(6-4-19)8-15-28/h3-6,17,28H,2,7-16,18H2,1H3. The molecule has 4 rings (SSSR count). The van der Waals surface area contributed by atoms with Gasteiger partial charge in [-0.2, -0.15) is 0 Å². The van der Waals surface area contributed by atoms with Crippen molar-refractivity contribution in [2.75, 3.05) is 45.9 Å². The van der Waals surface area contributed by atoms with E-state index >= 15 is 0 Å². The lowest BCUT2D eigenvalue weighted by atomic mass is 9.89. The van der Waals surface area contributed by atoms with Crippen molar-refractivity contribution in [2.45, 2.75) is 44.6 Å². The molecule has 31 heavy (non-hydrogen) atoms. The molecule has 2 fully saturated rings. The van der Waals surface area contributed by atoms with E-state index in [-0.39, 0.29) is 18.1 Å². The monoisotopic (exact) mass is 443 g/mol. The number of thiazole rings is 1. The molecular weight excluding hydrogens is 410 g/mol. The van der Waals surface area contributed by atoms with Crippen LogP contribution in [0.4, 0.5) is 0 Å². The number of morpholine rings is 1. The molecule has 1 amide bonds. The number of carbonyl (C=O) groups excluding carboxylic acids is 1. The molecule has 1 aromatic carbocycles. The summed E-state index contributed by atoms with van der Waals surface area (Å²) in [6, 6.07) is 8.58. The van der Waals surface area contributed by atoms with Gasteiger partial charge in [-0.25, -0.2) is 4.98 Å². The average Bonchev–Trinajstić information content (AvgIpc) is 3.29. The van der Waals surface area contributed by atoms with E-state index in [0.29, 0.717) is 25.4 Å². The third-order valence-corrected chi connectivity index (χ3v) is 7.51. The van der Waals surface area contributed by atoms with Gasteiger partial charge in [0.1, 0.15) is 5.69 Å². The molecule has 2 aromatic rings. The highest BCUT2D eigenvalue weighted by atomic mass is 32.1. The Balaban J connectivity index is 1.27. The van der Waals surface area contributed by atoms with Crippen LogP contribution in [-0.2, 0) is 24.0 Å². The molecular formula is C24H33N3O3S. The Bertz CT molecular complexity index is 859. The van der Waals surface area contributed by atoms with Gasteiger partial charge in [0.25, 0.3) is 5.91 Å². The number of aromatic nitrogens is 1. The summed E-state index contributed by atoms with van der Waals surface area (Å²) in [7, 11) is 0. The second-order valence-corrected chi connectivity index (χ2v) is 9.56. The number of benzene rings is 1. The van der Waals surface area contributed by atoms with Crippen LogP contribution in [0.1, 0.15) is 46.4 Å². The molecule has 1 aromatic heterocycles. The third kappa shape index (κ3) is 5.52. The largest absolute Gasteiger partial charge is 0.396 e. The molecule has 3 heterocycles. The number of aliphatic hydroxyl groups is 1. The second-order valence-electron chi connectivity index (χ2n) is 8.62. The average molecular weight is 444 g/mol. The number of hydrogen-bond acceptors (Lipinski definition) is 6. The molecule has 2 aliphatic rings. The van der Waals surface area contributed by atoms with Crippen molar-refractivity contribution in [1.82, 2.24) is 14.8 Å². The van der Waals surface area contributed by atoms with Gasteiger partial charge in [-0.05, 0) is 43.2 Å². The fourth-order valence-electron chi connectivity index (χ4n) is 4.53. The van der Waals surface area contributed by atoms with Crippen molar-refractivity contribution in [3.8, 4) is 0 Å². The summed E-state index contributed by atoms with van der Waals surface area (Å²) in [6.07, 6.45) is 4.54. The van der Waals surface area contributed by atoms with Crippen LogP contribution in [0.3, 0.4) is 0 Å². The number of carbonyl (C=O) groups is 1. The fourth-order valence-corrected chi connectivity index (χ4v) is 5.25. The Morgan fingerprint density at radius 3 is 2.52 bits per heavy atom. The summed E-state index contributed by atoms with van der Waals surface area (Å²) in [5.74, 6) is 0.0469. The van der Waals surface area contributed by atoms with Gasteiger partial charge in [0.05, 0.1) is 23.8 Å². The third-order valence-electron chi connectivity index (χ3n) is 6.52. The number of amides is 1. The van der Waals surface area contributed by atoms with Gasteiger partial charge in [-0.3, -0.25) is 4.79 Å². The summed E-state index contributed by atoms with van der Waals surface area (Å²) < 4.78 is 6.24. The summed E-state index contributed by atoms with van der Waals surface area (Å²) in [5.41, 5.74) is 2.90. The summed E-state index contributed by atoms with van der Waals surface area (Å²) in [5, 5.41) is 11.9. The molecule has 2 saturated heterocycles. The van der Waals surface area contributed by atoms with Crippen LogP contribution in [0.15, 0.2) is 29.6 Å². The van der Waals surface area contributed by atoms with E-state index in [1.54, 1.807) is 11.3 Å². The molecule has 1 spiro atoms. The lowest BCUT2D eigenvalue weighted by molar-refractivity contribution is -0.127. The van der Waals surface area contributed by atoms with Crippen molar-refractivity contribution in [2.24, 2.45) is 0 Å². The molecule has 0 saturated carbocycles. The molecule has 0 bridgehead atoms. The quantitative estimate of drug-likeness (QED) is 0.713. The van der Waals surface area contributed by atoms with Gasteiger partial charge in [0.2, 0.25) is 0 Å². The minimum Gasteiger partial charge on any atom is -0.396 e.